The normalized spacial score (nSPS) is 13.1. The molecule has 4 aliphatic heterocycles. The van der Waals surface area contributed by atoms with Crippen molar-refractivity contribution in [2.45, 2.75) is 0 Å². The van der Waals surface area contributed by atoms with Crippen LogP contribution in [0.2, 0.25) is 0 Å². The Morgan fingerprint density at radius 1 is 0.245 bits per heavy atom. The Kier molecular flexibility index (Phi) is 12.4. The Morgan fingerprint density at radius 3 is 1.24 bits per heavy atom. The molecule has 16 aromatic rings. The fraction of sp³-hybridized carbons (Fsp3) is 0. The van der Waals surface area contributed by atoms with Crippen LogP contribution in [-0.4, -0.2) is 54.3 Å². The number of anilines is 15. The summed E-state index contributed by atoms with van der Waals surface area (Å²) in [6, 6.07) is 120. The average Bonchev–Trinajstić information content (AvgIpc) is 0.841. The van der Waals surface area contributed by atoms with Gasteiger partial charge in [0.1, 0.15) is 5.75 Å². The van der Waals surface area contributed by atoms with Crippen LogP contribution in [0.5, 0.6) is 11.5 Å². The first-order valence-corrected chi connectivity index (χ1v) is 36.8. The third-order valence-electron chi connectivity index (χ3n) is 19.6. The summed E-state index contributed by atoms with van der Waals surface area (Å²) in [6.07, 6.45) is 0. The maximum Gasteiger partial charge on any atom is -0.0380 e. The number of benzene rings is 14. The zero-order valence-electron chi connectivity index (χ0n) is 50.7. The molecule has 0 amide bonds. The Morgan fingerprint density at radius 2 is 0.670 bits per heavy atom. The smallest absolute Gasteiger partial charge is 0.0380 e. The summed E-state index contributed by atoms with van der Waals surface area (Å²) in [7, 11) is 0. The van der Waals surface area contributed by atoms with Gasteiger partial charge in [-0.2, -0.15) is 0 Å². The third-order valence-corrected chi connectivity index (χ3v) is 26.1. The van der Waals surface area contributed by atoms with Crippen molar-refractivity contribution in [3.8, 4) is 11.5 Å². The largest absolute Gasteiger partial charge is 0.0602 e. The van der Waals surface area contributed by atoms with Gasteiger partial charge in [-0.1, -0.05) is 78.9 Å². The first kappa shape index (κ1) is 54.2. The molecule has 438 valence electrons. The van der Waals surface area contributed by atoms with Gasteiger partial charge in [0, 0.05) is 34.5 Å². The number of ether oxygens (including phenoxy) is 1. The number of fused-ring (bicyclic) bond motifs is 14. The maximum absolute atomic E-state index is 7.78. The molecule has 94 heavy (non-hydrogen) atoms. The molecule has 0 aliphatic carbocycles. The monoisotopic (exact) mass is 1430 g/mol. The minimum absolute atomic E-state index is 0.172. The molecule has 0 bridgehead atoms. The van der Waals surface area contributed by atoms with Crippen LogP contribution >= 0.6 is 0 Å². The summed E-state index contributed by atoms with van der Waals surface area (Å²) >= 11 is -1.06. The van der Waals surface area contributed by atoms with Crippen molar-refractivity contribution >= 4 is 208 Å². The number of para-hydroxylation sites is 7. The molecule has 0 saturated heterocycles. The van der Waals surface area contributed by atoms with Crippen molar-refractivity contribution in [1.29, 1.82) is 0 Å². The minimum Gasteiger partial charge on any atom is -0.0602 e. The number of nitrogens with zero attached hydrogens (tertiary/aromatic N) is 5. The van der Waals surface area contributed by atoms with E-state index in [-0.39, 0.29) is 13.4 Å². The first-order valence-electron chi connectivity index (χ1n) is 32.1. The summed E-state index contributed by atoms with van der Waals surface area (Å²) in [5.41, 5.74) is 23.8. The van der Waals surface area contributed by atoms with Gasteiger partial charge in [0.25, 0.3) is 0 Å². The van der Waals surface area contributed by atoms with E-state index in [4.69, 9.17) is 4.74 Å². The quantitative estimate of drug-likeness (QED) is 0.134. The standard InChI is InChI=1S/C84H53B2N5OTe2/c1-6-24-54(25-7-1)87(55-26-8-2-9-27-55)62-50-76-84-78(51-62)92-77-53-73-69(52-70(77)86(84)68-37-19-20-38-71(68)89(76)57-30-12-4-13-31-57)85-67-36-18-21-39-72(67)91(60-43-45-82-66(47-60)64-35-17-23-41-80(64)94-82)75-49-61(48-74(83(75)85)90(73)58-32-14-5-15-33-58)88(56-28-10-3-11-29-56)59-42-44-81-65(46-59)63-34-16-22-40-79(63)93-81/h1-53H. The van der Waals surface area contributed by atoms with Gasteiger partial charge in [-0.15, -0.1) is 0 Å². The summed E-state index contributed by atoms with van der Waals surface area (Å²) in [5, 5.41) is 5.44. The summed E-state index contributed by atoms with van der Waals surface area (Å²) < 4.78 is 13.8. The zero-order valence-corrected chi connectivity index (χ0v) is 55.4. The molecule has 0 atom stereocenters. The van der Waals surface area contributed by atoms with Crippen molar-refractivity contribution in [3.05, 3.63) is 322 Å². The summed E-state index contributed by atoms with van der Waals surface area (Å²) in [5.74, 6) is 1.68. The molecule has 0 saturated carbocycles. The molecule has 0 N–H and O–H groups in total. The molecule has 6 heterocycles. The van der Waals surface area contributed by atoms with Crippen LogP contribution < -0.4 is 62.0 Å². The van der Waals surface area contributed by atoms with Crippen molar-refractivity contribution < 1.29 is 4.74 Å². The third kappa shape index (κ3) is 8.37. The van der Waals surface area contributed by atoms with Gasteiger partial charge in [0.05, 0.1) is 5.69 Å². The fourth-order valence-corrected chi connectivity index (χ4v) is 21.9. The van der Waals surface area contributed by atoms with Gasteiger partial charge in [0.15, 0.2) is 0 Å². The molecule has 14 aromatic carbocycles. The molecule has 0 unspecified atom stereocenters. The van der Waals surface area contributed by atoms with Crippen molar-refractivity contribution in [3.63, 3.8) is 0 Å². The van der Waals surface area contributed by atoms with Gasteiger partial charge >= 0.3 is 371 Å². The molecule has 0 radical (unpaired) electrons. The predicted molar refractivity (Wildman–Crippen MR) is 400 cm³/mol. The molecule has 20 rings (SSSR count). The maximum atomic E-state index is 7.78. The first-order chi connectivity index (χ1) is 46.6. The second kappa shape index (κ2) is 21.6. The fourth-order valence-electron chi connectivity index (χ4n) is 15.7. The van der Waals surface area contributed by atoms with Crippen LogP contribution in [0.25, 0.3) is 35.2 Å². The van der Waals surface area contributed by atoms with Crippen molar-refractivity contribution in [2.75, 3.05) is 24.5 Å². The second-order valence-corrected chi connectivity index (χ2v) is 30.9. The van der Waals surface area contributed by atoms with Crippen LogP contribution in [0.4, 0.5) is 85.3 Å². The van der Waals surface area contributed by atoms with Crippen molar-refractivity contribution in [1.82, 2.24) is 0 Å². The number of hydrogen-bond donors (Lipinski definition) is 0. The van der Waals surface area contributed by atoms with E-state index in [1.54, 1.807) is 0 Å². The van der Waals surface area contributed by atoms with Gasteiger partial charge in [-0.25, -0.2) is 0 Å². The SMILES string of the molecule is c1ccc(N(c2ccccc2)c2cc3c4c(c2)N(c2ccccc2)c2ccccc2B4c2cc4c(cc2O3)N(c2ccccc2)c2cc(N(c3ccccc3)c3ccc5[te]c6ccccc6c5c3)cc3c2B4c2ccccc2N3c2ccc3[te]c4ccccc4c3c2)cc1. The average molecular weight is 1430 g/mol. The summed E-state index contributed by atoms with van der Waals surface area (Å²) in [6.45, 7) is -0.345. The van der Waals surface area contributed by atoms with Gasteiger partial charge < -0.3 is 14.5 Å². The van der Waals surface area contributed by atoms with Crippen LogP contribution in [0.3, 0.4) is 0 Å². The number of rotatable bonds is 9. The van der Waals surface area contributed by atoms with Gasteiger partial charge in [-0.05, 0) is 59.5 Å². The van der Waals surface area contributed by atoms with Crippen LogP contribution in [0.15, 0.2) is 322 Å². The Hall–Kier alpha value is -10.4. The molecular weight excluding hydrogens is 1370 g/mol. The molecule has 10 heteroatoms. The van der Waals surface area contributed by atoms with Crippen LogP contribution in [0, 0.1) is 0 Å². The zero-order chi connectivity index (χ0) is 61.5. The van der Waals surface area contributed by atoms with E-state index in [1.807, 2.05) is 0 Å². The van der Waals surface area contributed by atoms with Gasteiger partial charge in [-0.3, -0.25) is 0 Å². The van der Waals surface area contributed by atoms with E-state index >= 15 is 0 Å². The van der Waals surface area contributed by atoms with E-state index in [0.29, 0.717) is 0 Å². The van der Waals surface area contributed by atoms with E-state index in [9.17, 15) is 0 Å². The van der Waals surface area contributed by atoms with Crippen LogP contribution in [-0.2, 0) is 0 Å². The molecule has 0 spiro atoms. The topological polar surface area (TPSA) is 25.4 Å². The Bertz CT molecular complexity index is 5690. The second-order valence-electron chi connectivity index (χ2n) is 24.7. The van der Waals surface area contributed by atoms with Crippen LogP contribution in [0.1, 0.15) is 0 Å². The van der Waals surface area contributed by atoms with E-state index < -0.39 is 40.9 Å². The molecule has 6 nitrogen and oxygen atoms in total. The predicted octanol–water partition coefficient (Wildman–Crippen LogP) is 17.8. The van der Waals surface area contributed by atoms with E-state index in [2.05, 4.69) is 346 Å². The molecule has 2 aromatic heterocycles. The minimum atomic E-state index is -0.539. The van der Waals surface area contributed by atoms with E-state index in [1.165, 1.54) is 62.7 Å². The Labute approximate surface area is 565 Å². The molecule has 4 aliphatic rings. The van der Waals surface area contributed by atoms with E-state index in [0.717, 1.165) is 102 Å². The van der Waals surface area contributed by atoms with Crippen molar-refractivity contribution in [2.24, 2.45) is 0 Å². The summed E-state index contributed by atoms with van der Waals surface area (Å²) in [4.78, 5) is 12.5. The molecular formula is C84H53B2N5OTe2. The number of hydrogen-bond acceptors (Lipinski definition) is 6. The molecule has 0 fully saturated rings. The Balaban J connectivity index is 0.866. The van der Waals surface area contributed by atoms with Gasteiger partial charge in [0.2, 0.25) is 0 Å².